The maximum Gasteiger partial charge on any atom is 0.416 e. The lowest BCUT2D eigenvalue weighted by molar-refractivity contribution is -0.138. The highest BCUT2D eigenvalue weighted by Crippen LogP contribution is 2.47. The first-order valence-electron chi connectivity index (χ1n) is 9.49. The van der Waals surface area contributed by atoms with Gasteiger partial charge >= 0.3 is 18.1 Å². The number of fused-ring (bicyclic) bond motifs is 3. The number of ether oxygens (including phenoxy) is 2. The van der Waals surface area contributed by atoms with Crippen molar-refractivity contribution >= 4 is 45.3 Å². The molecule has 0 spiro atoms. The summed E-state index contributed by atoms with van der Waals surface area (Å²) in [4.78, 5) is 23.7. The summed E-state index contributed by atoms with van der Waals surface area (Å²) in [6.07, 6.45) is 0.436. The molecule has 0 bridgehead atoms. The summed E-state index contributed by atoms with van der Waals surface area (Å²) in [7, 11) is 2.31. The second kappa shape index (κ2) is 9.22. The number of nitrogens with zero attached hydrogens (tertiary/aromatic N) is 2. The smallest absolute Gasteiger partial charge is 0.416 e. The van der Waals surface area contributed by atoms with Gasteiger partial charge in [-0.1, -0.05) is 18.5 Å². The van der Waals surface area contributed by atoms with Crippen LogP contribution in [-0.2, 0) is 37.2 Å². The Bertz CT molecular complexity index is 1150. The first-order valence-corrected chi connectivity index (χ1v) is 10.7. The number of carbonyl (C=O) groups excluding carboxylic acids is 2. The number of anilines is 1. The van der Waals surface area contributed by atoms with E-state index in [1.54, 1.807) is 0 Å². The van der Waals surface area contributed by atoms with Crippen LogP contribution in [0.4, 0.5) is 19.0 Å². The fraction of sp³-hybridized carbons (Fsp3) is 0.286. The van der Waals surface area contributed by atoms with Crippen LogP contribution in [0.5, 0.6) is 0 Å². The Hall–Kier alpha value is -2.79. The van der Waals surface area contributed by atoms with Crippen molar-refractivity contribution in [1.29, 1.82) is 0 Å². The quantitative estimate of drug-likeness (QED) is 0.421. The lowest BCUT2D eigenvalue weighted by atomic mass is 9.84. The third-order valence-corrected chi connectivity index (χ3v) is 6.09. The second-order valence-electron chi connectivity index (χ2n) is 6.93. The summed E-state index contributed by atoms with van der Waals surface area (Å²) in [5.41, 5.74) is -1.85. The Labute approximate surface area is 200 Å². The second-order valence-corrected chi connectivity index (χ2v) is 8.13. The molecule has 1 aromatic carbocycles. The minimum absolute atomic E-state index is 0.00721. The molecule has 3 rings (SSSR count). The molecule has 176 valence electrons. The fourth-order valence-electron chi connectivity index (χ4n) is 3.35. The number of alkyl halides is 3. The Morgan fingerprint density at radius 3 is 2.27 bits per heavy atom. The monoisotopic (exact) mass is 547 g/mol. The van der Waals surface area contributed by atoms with Crippen LogP contribution in [-0.4, -0.2) is 35.9 Å². The Balaban J connectivity index is 2.42. The van der Waals surface area contributed by atoms with E-state index in [1.165, 1.54) is 16.8 Å². The summed E-state index contributed by atoms with van der Waals surface area (Å²) >= 11 is 9.82. The van der Waals surface area contributed by atoms with Crippen molar-refractivity contribution in [3.05, 3.63) is 62.8 Å². The lowest BCUT2D eigenvalue weighted by Gasteiger charge is -2.37. The molecule has 0 aliphatic carbocycles. The van der Waals surface area contributed by atoms with Crippen LogP contribution < -0.4 is 5.32 Å². The van der Waals surface area contributed by atoms with E-state index in [0.717, 1.165) is 38.5 Å². The molecule has 1 aliphatic rings. The van der Waals surface area contributed by atoms with Gasteiger partial charge in [-0.15, -0.1) is 0 Å². The molecule has 1 atom stereocenters. The van der Waals surface area contributed by atoms with Gasteiger partial charge in [0.25, 0.3) is 0 Å². The Morgan fingerprint density at radius 2 is 1.79 bits per heavy atom. The zero-order valence-electron chi connectivity index (χ0n) is 17.6. The number of nitrogens with one attached hydrogen (secondary N) is 1. The molecule has 0 amide bonds. The van der Waals surface area contributed by atoms with Gasteiger partial charge in [-0.3, -0.25) is 0 Å². The first kappa shape index (κ1) is 24.8. The SMILES string of the molecule is CCc1nn2c(c1Br)NC(/C=C\C(=O)OC)(/C=C/C(=O)OC)c1cc(C(F)(F)F)cc(Cl)c1-2. The van der Waals surface area contributed by atoms with E-state index in [1.807, 2.05) is 6.92 Å². The van der Waals surface area contributed by atoms with Gasteiger partial charge in [0.15, 0.2) is 0 Å². The molecule has 2 heterocycles. The van der Waals surface area contributed by atoms with Crippen molar-refractivity contribution in [1.82, 2.24) is 9.78 Å². The fourth-order valence-corrected chi connectivity index (χ4v) is 4.28. The zero-order valence-corrected chi connectivity index (χ0v) is 19.9. The van der Waals surface area contributed by atoms with Crippen molar-refractivity contribution in [3.8, 4) is 5.69 Å². The summed E-state index contributed by atoms with van der Waals surface area (Å²) in [6, 6.07) is 1.69. The molecule has 0 fully saturated rings. The molecule has 0 radical (unpaired) electrons. The third-order valence-electron chi connectivity index (χ3n) is 4.97. The molecule has 1 aliphatic heterocycles. The topological polar surface area (TPSA) is 82.5 Å². The standard InChI is InChI=1S/C21H18BrClF3N3O4/c1-4-14-17(22)19-27-20(7-5-15(30)32-2,8-6-16(31)33-3)12-9-11(21(24,25)26)10-13(23)18(12)29(19)28-14/h5-10,27H,4H2,1-3H3/b7-5-,8-6+. The van der Waals surface area contributed by atoms with Crippen LogP contribution in [0.2, 0.25) is 5.02 Å². The van der Waals surface area contributed by atoms with E-state index in [2.05, 4.69) is 35.8 Å². The summed E-state index contributed by atoms with van der Waals surface area (Å²) in [5.74, 6) is -1.14. The molecule has 0 saturated heterocycles. The van der Waals surface area contributed by atoms with Crippen molar-refractivity contribution in [2.75, 3.05) is 19.5 Å². The van der Waals surface area contributed by atoms with Gasteiger partial charge < -0.3 is 14.8 Å². The van der Waals surface area contributed by atoms with Crippen LogP contribution in [0.3, 0.4) is 0 Å². The molecular formula is C21H18BrClF3N3O4. The van der Waals surface area contributed by atoms with Gasteiger partial charge in [0.2, 0.25) is 0 Å². The van der Waals surface area contributed by atoms with E-state index in [9.17, 15) is 22.8 Å². The minimum atomic E-state index is -4.71. The molecular weight excluding hydrogens is 531 g/mol. The highest BCUT2D eigenvalue weighted by Gasteiger charge is 2.42. The molecule has 1 N–H and O–H groups in total. The average Bonchev–Trinajstić information content (AvgIpc) is 3.09. The largest absolute Gasteiger partial charge is 0.466 e. The maximum atomic E-state index is 13.7. The van der Waals surface area contributed by atoms with E-state index < -0.39 is 29.2 Å². The number of aryl methyl sites for hydroxylation is 1. The number of hydrogen-bond acceptors (Lipinski definition) is 6. The van der Waals surface area contributed by atoms with Crippen molar-refractivity contribution in [3.63, 3.8) is 0 Å². The van der Waals surface area contributed by atoms with Crippen LogP contribution >= 0.6 is 27.5 Å². The minimum Gasteiger partial charge on any atom is -0.466 e. The van der Waals surface area contributed by atoms with Crippen LogP contribution in [0, 0.1) is 0 Å². The first-order chi connectivity index (χ1) is 15.5. The highest BCUT2D eigenvalue weighted by atomic mass is 79.9. The molecule has 0 saturated carbocycles. The maximum absolute atomic E-state index is 13.7. The molecule has 12 heteroatoms. The number of carbonyl (C=O) groups is 2. The van der Waals surface area contributed by atoms with Crippen molar-refractivity contribution in [2.24, 2.45) is 0 Å². The zero-order chi connectivity index (χ0) is 24.6. The molecule has 33 heavy (non-hydrogen) atoms. The Kier molecular flexibility index (Phi) is 6.94. The average molecular weight is 549 g/mol. The van der Waals surface area contributed by atoms with Crippen LogP contribution in [0.25, 0.3) is 5.69 Å². The lowest BCUT2D eigenvalue weighted by Crippen LogP contribution is -2.38. The van der Waals surface area contributed by atoms with Gasteiger partial charge in [0.1, 0.15) is 11.4 Å². The van der Waals surface area contributed by atoms with Crippen LogP contribution in [0.1, 0.15) is 23.7 Å². The van der Waals surface area contributed by atoms with Crippen LogP contribution in [0.15, 0.2) is 40.9 Å². The summed E-state index contributed by atoms with van der Waals surface area (Å²) in [5, 5.41) is 7.33. The number of rotatable bonds is 5. The number of benzene rings is 1. The number of aromatic nitrogens is 2. The molecule has 1 unspecified atom stereocenters. The normalized spacial score (nSPS) is 17.6. The van der Waals surface area contributed by atoms with E-state index >= 15 is 0 Å². The van der Waals surface area contributed by atoms with E-state index in [-0.39, 0.29) is 16.3 Å². The van der Waals surface area contributed by atoms with E-state index in [4.69, 9.17) is 11.6 Å². The number of halogens is 5. The number of methoxy groups -OCH3 is 2. The predicted molar refractivity (Wildman–Crippen MR) is 118 cm³/mol. The van der Waals surface area contributed by atoms with Gasteiger partial charge in [-0.2, -0.15) is 18.3 Å². The van der Waals surface area contributed by atoms with Gasteiger partial charge in [0.05, 0.1) is 40.7 Å². The van der Waals surface area contributed by atoms with Gasteiger partial charge in [-0.05, 0) is 46.6 Å². The van der Waals surface area contributed by atoms with Gasteiger partial charge in [0, 0.05) is 17.7 Å². The Morgan fingerprint density at radius 1 is 1.21 bits per heavy atom. The third kappa shape index (κ3) is 4.65. The van der Waals surface area contributed by atoms with Crippen molar-refractivity contribution < 1.29 is 32.2 Å². The summed E-state index contributed by atoms with van der Waals surface area (Å²) in [6.45, 7) is 1.86. The molecule has 2 aromatic rings. The number of esters is 2. The summed E-state index contributed by atoms with van der Waals surface area (Å²) < 4.78 is 52.2. The molecule has 1 aromatic heterocycles. The number of hydrogen-bond donors (Lipinski definition) is 1. The highest BCUT2D eigenvalue weighted by molar-refractivity contribution is 9.10. The molecule has 7 nitrogen and oxygen atoms in total. The predicted octanol–water partition coefficient (Wildman–Crippen LogP) is 4.95. The van der Waals surface area contributed by atoms with Crippen molar-refractivity contribution in [2.45, 2.75) is 25.1 Å². The van der Waals surface area contributed by atoms with Gasteiger partial charge in [-0.25, -0.2) is 14.3 Å². The van der Waals surface area contributed by atoms with E-state index in [0.29, 0.717) is 22.4 Å².